The fraction of sp³-hybridized carbons (Fsp3) is 0.450. The summed E-state index contributed by atoms with van der Waals surface area (Å²) in [4.78, 5) is 27.4. The summed E-state index contributed by atoms with van der Waals surface area (Å²) < 4.78 is 1.72. The summed E-state index contributed by atoms with van der Waals surface area (Å²) >= 11 is 0. The number of carbonyl (C=O) groups is 1. The normalized spacial score (nSPS) is 16.2. The Morgan fingerprint density at radius 3 is 2.82 bits per heavy atom. The molecule has 0 spiro atoms. The summed E-state index contributed by atoms with van der Waals surface area (Å²) in [6.45, 7) is 2.55. The van der Waals surface area contributed by atoms with E-state index in [4.69, 9.17) is 0 Å². The number of benzene rings is 1. The molecule has 2 N–H and O–H groups in total. The Kier molecular flexibility index (Phi) is 4.93. The van der Waals surface area contributed by atoms with Crippen molar-refractivity contribution in [3.63, 3.8) is 0 Å². The Hall–Kier alpha value is -3.03. The first-order valence-corrected chi connectivity index (χ1v) is 9.67. The molecule has 8 heteroatoms. The zero-order chi connectivity index (χ0) is 19.6. The molecular formula is C20H24N6O2. The van der Waals surface area contributed by atoms with E-state index in [2.05, 4.69) is 25.8 Å². The number of hydrogen-bond acceptors (Lipinski definition) is 5. The number of aromatic nitrogens is 5. The van der Waals surface area contributed by atoms with Crippen LogP contribution >= 0.6 is 0 Å². The van der Waals surface area contributed by atoms with E-state index in [1.165, 1.54) is 6.42 Å². The van der Waals surface area contributed by atoms with Gasteiger partial charge in [0.15, 0.2) is 0 Å². The molecular weight excluding hydrogens is 356 g/mol. The summed E-state index contributed by atoms with van der Waals surface area (Å²) in [5.41, 5.74) is 2.06. The molecule has 1 aliphatic carbocycles. The van der Waals surface area contributed by atoms with Crippen LogP contribution in [0.15, 0.2) is 35.4 Å². The number of anilines is 1. The molecule has 1 amide bonds. The summed E-state index contributed by atoms with van der Waals surface area (Å²) in [7, 11) is 0. The summed E-state index contributed by atoms with van der Waals surface area (Å²) in [6.07, 6.45) is 7.45. The molecule has 0 atom stereocenters. The number of carbonyl (C=O) groups excluding carboxylic acids is 1. The molecule has 2 aromatic heterocycles. The second-order valence-corrected chi connectivity index (χ2v) is 7.87. The molecule has 0 unspecified atom stereocenters. The number of fused-ring (bicyclic) bond motifs is 1. The fourth-order valence-corrected chi connectivity index (χ4v) is 4.35. The molecule has 3 aromatic rings. The number of nitrogens with zero attached hydrogens (tertiary/aromatic N) is 4. The van der Waals surface area contributed by atoms with Gasteiger partial charge in [-0.2, -0.15) is 0 Å². The first-order chi connectivity index (χ1) is 13.5. The predicted octanol–water partition coefficient (Wildman–Crippen LogP) is 2.80. The average molecular weight is 380 g/mol. The van der Waals surface area contributed by atoms with Crippen molar-refractivity contribution >= 4 is 22.5 Å². The van der Waals surface area contributed by atoms with Crippen molar-refractivity contribution in [3.8, 4) is 0 Å². The van der Waals surface area contributed by atoms with Crippen molar-refractivity contribution in [2.45, 2.75) is 52.0 Å². The molecule has 0 saturated heterocycles. The van der Waals surface area contributed by atoms with Crippen LogP contribution < -0.4 is 10.9 Å². The number of amides is 1. The van der Waals surface area contributed by atoms with Gasteiger partial charge in [-0.05, 0) is 53.3 Å². The Morgan fingerprint density at radius 2 is 2.07 bits per heavy atom. The molecule has 1 saturated carbocycles. The van der Waals surface area contributed by atoms with Gasteiger partial charge < -0.3 is 10.3 Å². The van der Waals surface area contributed by atoms with Crippen LogP contribution in [0.5, 0.6) is 0 Å². The van der Waals surface area contributed by atoms with E-state index in [1.807, 2.05) is 25.1 Å². The van der Waals surface area contributed by atoms with E-state index in [1.54, 1.807) is 17.1 Å². The lowest BCUT2D eigenvalue weighted by atomic mass is 9.71. The monoisotopic (exact) mass is 380 g/mol. The molecule has 28 heavy (non-hydrogen) atoms. The summed E-state index contributed by atoms with van der Waals surface area (Å²) in [5.74, 6) is -0.0238. The molecule has 1 aliphatic rings. The Bertz CT molecular complexity index is 1030. The topological polar surface area (TPSA) is 106 Å². The minimum absolute atomic E-state index is 0.0238. The lowest BCUT2D eigenvalue weighted by Gasteiger charge is -2.36. The van der Waals surface area contributed by atoms with Crippen LogP contribution in [0.25, 0.3) is 10.9 Å². The van der Waals surface area contributed by atoms with E-state index < -0.39 is 0 Å². The Labute approximate surface area is 162 Å². The van der Waals surface area contributed by atoms with Crippen molar-refractivity contribution in [2.75, 3.05) is 5.32 Å². The zero-order valence-corrected chi connectivity index (χ0v) is 15.9. The highest BCUT2D eigenvalue weighted by molar-refractivity contribution is 5.94. The lowest BCUT2D eigenvalue weighted by Crippen LogP contribution is -2.34. The number of aromatic amines is 1. The number of H-pyrrole nitrogens is 1. The van der Waals surface area contributed by atoms with Crippen LogP contribution in [0.2, 0.25) is 0 Å². The molecule has 0 bridgehead atoms. The lowest BCUT2D eigenvalue weighted by molar-refractivity contribution is -0.119. The maximum atomic E-state index is 12.8. The van der Waals surface area contributed by atoms with E-state index in [0.717, 1.165) is 42.1 Å². The molecule has 0 aliphatic heterocycles. The van der Waals surface area contributed by atoms with E-state index in [9.17, 15) is 9.59 Å². The Morgan fingerprint density at radius 1 is 1.25 bits per heavy atom. The second-order valence-electron chi connectivity index (χ2n) is 7.87. The van der Waals surface area contributed by atoms with Gasteiger partial charge in [0.1, 0.15) is 6.33 Å². The number of rotatable bonds is 5. The van der Waals surface area contributed by atoms with Crippen LogP contribution in [0.1, 0.15) is 44.1 Å². The number of pyridine rings is 1. The molecule has 1 fully saturated rings. The number of hydrogen-bond donors (Lipinski definition) is 2. The smallest absolute Gasteiger partial charge is 0.248 e. The SMILES string of the molecule is Cc1cc(=O)[nH]c2cc(NC(=O)CC3(Cn4cnnn4)CCCCC3)ccc12. The standard InChI is InChI=1S/C20H24N6O2/c1-14-9-18(27)23-17-10-15(5-6-16(14)17)22-19(28)11-20(7-3-2-4-8-20)12-26-13-21-24-25-26/h5-6,9-10,13H,2-4,7-8,11-12H2,1H3,(H,22,28)(H,23,27). The molecule has 4 rings (SSSR count). The summed E-state index contributed by atoms with van der Waals surface area (Å²) in [6, 6.07) is 7.19. The first-order valence-electron chi connectivity index (χ1n) is 9.67. The number of aryl methyl sites for hydroxylation is 1. The van der Waals surface area contributed by atoms with E-state index in [-0.39, 0.29) is 16.9 Å². The molecule has 2 heterocycles. The first kappa shape index (κ1) is 18.3. The third-order valence-electron chi connectivity index (χ3n) is 5.67. The quantitative estimate of drug-likeness (QED) is 0.708. The maximum Gasteiger partial charge on any atom is 0.248 e. The number of nitrogens with one attached hydrogen (secondary N) is 2. The Balaban J connectivity index is 1.52. The summed E-state index contributed by atoms with van der Waals surface area (Å²) in [5, 5.41) is 15.4. The predicted molar refractivity (Wildman–Crippen MR) is 106 cm³/mol. The van der Waals surface area contributed by atoms with E-state index in [0.29, 0.717) is 18.7 Å². The number of tetrazole rings is 1. The van der Waals surface area contributed by atoms with Gasteiger partial charge in [0, 0.05) is 23.6 Å². The van der Waals surface area contributed by atoms with Gasteiger partial charge in [0.2, 0.25) is 11.5 Å². The van der Waals surface area contributed by atoms with Crippen LogP contribution in [0.4, 0.5) is 5.69 Å². The molecule has 146 valence electrons. The molecule has 1 aromatic carbocycles. The van der Waals surface area contributed by atoms with E-state index >= 15 is 0 Å². The molecule has 8 nitrogen and oxygen atoms in total. The highest BCUT2D eigenvalue weighted by Crippen LogP contribution is 2.41. The fourth-order valence-electron chi connectivity index (χ4n) is 4.35. The second kappa shape index (κ2) is 7.53. The minimum atomic E-state index is -0.143. The van der Waals surface area contributed by atoms with Gasteiger partial charge in [0.25, 0.3) is 0 Å². The molecule has 0 radical (unpaired) electrons. The van der Waals surface area contributed by atoms with Gasteiger partial charge >= 0.3 is 0 Å². The van der Waals surface area contributed by atoms with Gasteiger partial charge in [-0.3, -0.25) is 9.59 Å². The van der Waals surface area contributed by atoms with Gasteiger partial charge in [-0.15, -0.1) is 5.10 Å². The van der Waals surface area contributed by atoms with Crippen LogP contribution in [-0.4, -0.2) is 31.1 Å². The van der Waals surface area contributed by atoms with Crippen molar-refractivity contribution < 1.29 is 4.79 Å². The zero-order valence-electron chi connectivity index (χ0n) is 15.9. The largest absolute Gasteiger partial charge is 0.326 e. The third kappa shape index (κ3) is 3.95. The van der Waals surface area contributed by atoms with Crippen molar-refractivity contribution in [3.05, 3.63) is 46.5 Å². The van der Waals surface area contributed by atoms with Gasteiger partial charge in [0.05, 0.1) is 12.1 Å². The highest BCUT2D eigenvalue weighted by Gasteiger charge is 2.35. The minimum Gasteiger partial charge on any atom is -0.326 e. The van der Waals surface area contributed by atoms with Crippen LogP contribution in [0.3, 0.4) is 0 Å². The van der Waals surface area contributed by atoms with Crippen LogP contribution in [0, 0.1) is 12.3 Å². The van der Waals surface area contributed by atoms with Crippen LogP contribution in [-0.2, 0) is 11.3 Å². The van der Waals surface area contributed by atoms with Crippen molar-refractivity contribution in [2.24, 2.45) is 5.41 Å². The maximum absolute atomic E-state index is 12.8. The van der Waals surface area contributed by atoms with Gasteiger partial charge in [-0.1, -0.05) is 25.3 Å². The van der Waals surface area contributed by atoms with Gasteiger partial charge in [-0.25, -0.2) is 4.68 Å². The third-order valence-corrected chi connectivity index (χ3v) is 5.67. The van der Waals surface area contributed by atoms with Crippen molar-refractivity contribution in [1.82, 2.24) is 25.2 Å². The van der Waals surface area contributed by atoms with Crippen molar-refractivity contribution in [1.29, 1.82) is 0 Å². The highest BCUT2D eigenvalue weighted by atomic mass is 16.1. The average Bonchev–Trinajstić information content (AvgIpc) is 3.14.